The van der Waals surface area contributed by atoms with E-state index in [2.05, 4.69) is 0 Å². The number of carbonyl (C=O) groups is 4. The fourth-order valence-electron chi connectivity index (χ4n) is 4.43. The van der Waals surface area contributed by atoms with Crippen LogP contribution in [0.5, 0.6) is 0 Å². The number of fused-ring (bicyclic) bond motifs is 1. The summed E-state index contributed by atoms with van der Waals surface area (Å²) in [7, 11) is 0. The van der Waals surface area contributed by atoms with Crippen molar-refractivity contribution in [3.8, 4) is 0 Å². The van der Waals surface area contributed by atoms with E-state index in [9.17, 15) is 39.4 Å². The van der Waals surface area contributed by atoms with Crippen LogP contribution in [0.15, 0.2) is 48.5 Å². The van der Waals surface area contributed by atoms with Gasteiger partial charge >= 0.3 is 12.1 Å². The number of nitro groups is 2. The van der Waals surface area contributed by atoms with Gasteiger partial charge in [-0.25, -0.2) is 9.59 Å². The number of ether oxygens (including phenoxy) is 3. The van der Waals surface area contributed by atoms with Crippen LogP contribution in [-0.4, -0.2) is 56.7 Å². The topological polar surface area (TPSA) is 185 Å². The van der Waals surface area contributed by atoms with Gasteiger partial charge in [0, 0.05) is 30.7 Å². The fraction of sp³-hybridized carbons (Fsp3) is 0.333. The number of benzene rings is 2. The van der Waals surface area contributed by atoms with Crippen molar-refractivity contribution in [2.75, 3.05) is 0 Å². The Labute approximate surface area is 214 Å². The van der Waals surface area contributed by atoms with E-state index < -0.39 is 57.8 Å². The van der Waals surface area contributed by atoms with Crippen LogP contribution < -0.4 is 0 Å². The summed E-state index contributed by atoms with van der Waals surface area (Å²) in [5.41, 5.74) is 0.714. The maximum absolute atomic E-state index is 12.8. The third-order valence-electron chi connectivity index (χ3n) is 6.35. The van der Waals surface area contributed by atoms with Gasteiger partial charge in [0.25, 0.3) is 11.4 Å². The zero-order valence-electron chi connectivity index (χ0n) is 19.9. The molecule has 2 saturated heterocycles. The van der Waals surface area contributed by atoms with E-state index in [-0.39, 0.29) is 31.0 Å². The van der Waals surface area contributed by atoms with E-state index in [1.807, 2.05) is 0 Å². The van der Waals surface area contributed by atoms with Gasteiger partial charge in [0.15, 0.2) is 11.8 Å². The van der Waals surface area contributed by atoms with Gasteiger partial charge in [-0.05, 0) is 42.3 Å². The molecule has 4 atom stereocenters. The van der Waals surface area contributed by atoms with Crippen LogP contribution in [0.25, 0.3) is 0 Å². The number of nitro benzene ring substituents is 2. The molecule has 4 rings (SSSR count). The Hall–Kier alpha value is -4.88. The first-order valence-electron chi connectivity index (χ1n) is 11.4. The highest BCUT2D eigenvalue weighted by atomic mass is 16.7. The molecule has 38 heavy (non-hydrogen) atoms. The van der Waals surface area contributed by atoms with Crippen LogP contribution in [0.1, 0.15) is 24.5 Å². The van der Waals surface area contributed by atoms with Crippen molar-refractivity contribution >= 4 is 35.2 Å². The number of ketones is 1. The van der Waals surface area contributed by atoms with Gasteiger partial charge < -0.3 is 19.1 Å². The van der Waals surface area contributed by atoms with Crippen molar-refractivity contribution < 1.29 is 43.2 Å². The van der Waals surface area contributed by atoms with Crippen LogP contribution in [0.2, 0.25) is 0 Å². The Balaban J connectivity index is 1.28. The van der Waals surface area contributed by atoms with Crippen molar-refractivity contribution in [2.45, 2.75) is 44.7 Å². The molecule has 198 valence electrons. The SMILES string of the molecule is CC(OC(=O)OCc1ccc([N+](=O)[O-])cc1)C1C(=O)N2C(C(=O)OCc3ccc([N+](=O)[O-])cc3)C(=O)CC12. The molecular weight excluding hydrogens is 506 g/mol. The molecule has 0 aromatic heterocycles. The maximum Gasteiger partial charge on any atom is 0.508 e. The standard InChI is InChI=1S/C24H21N3O11/c1-13(38-24(31)37-12-15-4-8-17(9-5-15)27(34)35)20-18-10-19(28)21(25(18)22(20)29)23(30)36-11-14-2-6-16(7-3-14)26(32)33/h2-9,13,18,20-21H,10-12H2,1H3. The monoisotopic (exact) mass is 527 g/mol. The third kappa shape index (κ3) is 5.28. The predicted molar refractivity (Wildman–Crippen MR) is 124 cm³/mol. The summed E-state index contributed by atoms with van der Waals surface area (Å²) in [5, 5.41) is 21.4. The number of non-ortho nitro benzene ring substituents is 2. The smallest absolute Gasteiger partial charge is 0.459 e. The first-order valence-corrected chi connectivity index (χ1v) is 11.4. The number of rotatable bonds is 9. The normalized spacial score (nSPS) is 20.7. The number of hydrogen-bond acceptors (Lipinski definition) is 11. The van der Waals surface area contributed by atoms with Crippen LogP contribution in [0, 0.1) is 26.1 Å². The minimum absolute atomic E-state index is 0.112. The largest absolute Gasteiger partial charge is 0.508 e. The molecular formula is C24H21N3O11. The lowest BCUT2D eigenvalue weighted by Crippen LogP contribution is -2.65. The van der Waals surface area contributed by atoms with Crippen molar-refractivity contribution in [3.05, 3.63) is 79.9 Å². The number of esters is 1. The second-order valence-corrected chi connectivity index (χ2v) is 8.73. The molecule has 2 aliphatic heterocycles. The minimum atomic E-state index is -1.41. The average Bonchev–Trinajstić information content (AvgIpc) is 3.18. The molecule has 0 N–H and O–H groups in total. The Morgan fingerprint density at radius 3 is 1.92 bits per heavy atom. The van der Waals surface area contributed by atoms with Crippen molar-refractivity contribution in [1.82, 2.24) is 4.90 Å². The second kappa shape index (κ2) is 10.6. The minimum Gasteiger partial charge on any atom is -0.459 e. The molecule has 2 aliphatic rings. The van der Waals surface area contributed by atoms with E-state index in [1.165, 1.54) is 55.5 Å². The highest BCUT2D eigenvalue weighted by Gasteiger charge is 2.62. The molecule has 0 saturated carbocycles. The number of Topliss-reactive ketones (excluding diaryl/α,β-unsaturated/α-hetero) is 1. The van der Waals surface area contributed by atoms with Gasteiger partial charge in [0.1, 0.15) is 19.3 Å². The van der Waals surface area contributed by atoms with E-state index in [0.29, 0.717) is 11.1 Å². The summed E-state index contributed by atoms with van der Waals surface area (Å²) in [6.45, 7) is 1.02. The molecule has 0 radical (unpaired) electrons. The second-order valence-electron chi connectivity index (χ2n) is 8.73. The summed E-state index contributed by atoms with van der Waals surface area (Å²) in [6, 6.07) is 8.64. The van der Waals surface area contributed by atoms with E-state index in [0.717, 1.165) is 4.90 Å². The average molecular weight is 527 g/mol. The third-order valence-corrected chi connectivity index (χ3v) is 6.35. The van der Waals surface area contributed by atoms with E-state index >= 15 is 0 Å². The summed E-state index contributed by atoms with van der Waals surface area (Å²) in [6.07, 6.45) is -2.12. The van der Waals surface area contributed by atoms with Crippen molar-refractivity contribution in [3.63, 3.8) is 0 Å². The number of hydrogen-bond donors (Lipinski definition) is 0. The molecule has 14 nitrogen and oxygen atoms in total. The van der Waals surface area contributed by atoms with Gasteiger partial charge in [-0.2, -0.15) is 0 Å². The molecule has 0 spiro atoms. The number of nitrogens with zero attached hydrogens (tertiary/aromatic N) is 3. The van der Waals surface area contributed by atoms with Crippen LogP contribution in [0.3, 0.4) is 0 Å². The maximum atomic E-state index is 12.8. The van der Waals surface area contributed by atoms with Gasteiger partial charge in [0.05, 0.1) is 21.8 Å². The zero-order chi connectivity index (χ0) is 27.6. The Morgan fingerprint density at radius 2 is 1.42 bits per heavy atom. The van der Waals surface area contributed by atoms with Crippen LogP contribution in [-0.2, 0) is 41.8 Å². The predicted octanol–water partition coefficient (Wildman–Crippen LogP) is 2.46. The lowest BCUT2D eigenvalue weighted by Gasteiger charge is -2.45. The Kier molecular flexibility index (Phi) is 7.32. The van der Waals surface area contributed by atoms with Gasteiger partial charge in [-0.3, -0.25) is 29.8 Å². The molecule has 0 bridgehead atoms. The molecule has 14 heteroatoms. The van der Waals surface area contributed by atoms with Crippen molar-refractivity contribution in [1.29, 1.82) is 0 Å². The van der Waals surface area contributed by atoms with Gasteiger partial charge in [-0.1, -0.05) is 0 Å². The summed E-state index contributed by atoms with van der Waals surface area (Å²) >= 11 is 0. The summed E-state index contributed by atoms with van der Waals surface area (Å²) in [4.78, 5) is 71.4. The molecule has 1 amide bonds. The molecule has 0 aliphatic carbocycles. The number of β-lactam (4-membered cyclic amide) rings is 1. The summed E-state index contributed by atoms with van der Waals surface area (Å²) in [5.74, 6) is -2.82. The number of carbonyl (C=O) groups excluding carboxylic acids is 4. The molecule has 2 fully saturated rings. The highest BCUT2D eigenvalue weighted by Crippen LogP contribution is 2.41. The van der Waals surface area contributed by atoms with Crippen LogP contribution >= 0.6 is 0 Å². The first kappa shape index (κ1) is 26.2. The lowest BCUT2D eigenvalue weighted by atomic mass is 9.84. The highest BCUT2D eigenvalue weighted by molar-refractivity contribution is 6.11. The lowest BCUT2D eigenvalue weighted by molar-refractivity contribution is -0.385. The quantitative estimate of drug-likeness (QED) is 0.153. The van der Waals surface area contributed by atoms with E-state index in [1.54, 1.807) is 0 Å². The summed E-state index contributed by atoms with van der Waals surface area (Å²) < 4.78 is 15.4. The first-order chi connectivity index (χ1) is 18.1. The molecule has 2 aromatic rings. The number of amides is 1. The Bertz CT molecular complexity index is 1290. The fourth-order valence-corrected chi connectivity index (χ4v) is 4.43. The van der Waals surface area contributed by atoms with Crippen LogP contribution in [0.4, 0.5) is 16.2 Å². The molecule has 2 heterocycles. The Morgan fingerprint density at radius 1 is 0.921 bits per heavy atom. The van der Waals surface area contributed by atoms with Crippen molar-refractivity contribution in [2.24, 2.45) is 5.92 Å². The van der Waals surface area contributed by atoms with E-state index in [4.69, 9.17) is 14.2 Å². The zero-order valence-corrected chi connectivity index (χ0v) is 19.9. The van der Waals surface area contributed by atoms with Gasteiger partial charge in [-0.15, -0.1) is 0 Å². The van der Waals surface area contributed by atoms with Gasteiger partial charge in [0.2, 0.25) is 5.91 Å². The molecule has 2 aromatic carbocycles. The molecule has 4 unspecified atom stereocenters.